The van der Waals surface area contributed by atoms with Crippen LogP contribution in [0.1, 0.15) is 65.7 Å². The molecule has 3 atom stereocenters. The molecule has 2 amide bonds. The molecule has 2 aliphatic rings. The van der Waals surface area contributed by atoms with E-state index >= 15 is 0 Å². The summed E-state index contributed by atoms with van der Waals surface area (Å²) in [5, 5.41) is 0. The smallest absolute Gasteiger partial charge is 0.246 e. The number of unbranched alkanes of at least 4 members (excludes halogenated alkanes) is 1. The molecule has 0 aromatic carbocycles. The van der Waals surface area contributed by atoms with Crippen molar-refractivity contribution in [1.82, 2.24) is 9.80 Å². The van der Waals surface area contributed by atoms with Crippen LogP contribution < -0.4 is 0 Å². The summed E-state index contributed by atoms with van der Waals surface area (Å²) in [5.41, 5.74) is 0. The van der Waals surface area contributed by atoms with Crippen LogP contribution in [0, 0.1) is 0 Å². The summed E-state index contributed by atoms with van der Waals surface area (Å²) in [5.74, 6) is 0.375. The molecule has 4 heteroatoms. The van der Waals surface area contributed by atoms with E-state index in [0.717, 1.165) is 51.5 Å². The van der Waals surface area contributed by atoms with Crippen molar-refractivity contribution in [2.75, 3.05) is 6.54 Å². The fourth-order valence-electron chi connectivity index (χ4n) is 3.62. The largest absolute Gasteiger partial charge is 0.329 e. The summed E-state index contributed by atoms with van der Waals surface area (Å²) < 4.78 is 0. The van der Waals surface area contributed by atoms with E-state index in [2.05, 4.69) is 13.8 Å². The Labute approximate surface area is 122 Å². The predicted molar refractivity (Wildman–Crippen MR) is 79.3 cm³/mol. The Morgan fingerprint density at radius 3 is 2.60 bits per heavy atom. The maximum Gasteiger partial charge on any atom is 0.246 e. The zero-order valence-corrected chi connectivity index (χ0v) is 13.1. The standard InChI is InChI=1S/C16H28N2O2/c1-4-6-9-12(3)18-13(5-2)15(19)17-11-8-7-10-14(17)16(18)20/h12-14H,4-11H2,1-3H3. The van der Waals surface area contributed by atoms with Crippen LogP contribution in [0.5, 0.6) is 0 Å². The van der Waals surface area contributed by atoms with Crippen molar-refractivity contribution in [3.63, 3.8) is 0 Å². The first-order chi connectivity index (χ1) is 9.61. The lowest BCUT2D eigenvalue weighted by molar-refractivity contribution is -0.166. The van der Waals surface area contributed by atoms with Gasteiger partial charge in [-0.2, -0.15) is 0 Å². The highest BCUT2D eigenvalue weighted by molar-refractivity contribution is 5.97. The minimum atomic E-state index is -0.233. The van der Waals surface area contributed by atoms with E-state index in [0.29, 0.717) is 0 Å². The van der Waals surface area contributed by atoms with Crippen molar-refractivity contribution in [3.05, 3.63) is 0 Å². The SMILES string of the molecule is CCCCC(C)N1C(=O)C2CCCCN2C(=O)C1CC. The van der Waals surface area contributed by atoms with E-state index in [9.17, 15) is 9.59 Å². The van der Waals surface area contributed by atoms with Gasteiger partial charge in [0.25, 0.3) is 0 Å². The van der Waals surface area contributed by atoms with Crippen LogP contribution >= 0.6 is 0 Å². The van der Waals surface area contributed by atoms with Crippen LogP contribution in [0.25, 0.3) is 0 Å². The number of piperazine rings is 1. The van der Waals surface area contributed by atoms with Crippen molar-refractivity contribution in [3.8, 4) is 0 Å². The molecule has 0 N–H and O–H groups in total. The number of piperidine rings is 1. The monoisotopic (exact) mass is 280 g/mol. The number of carbonyl (C=O) groups excluding carboxylic acids is 2. The highest BCUT2D eigenvalue weighted by Gasteiger charge is 2.46. The fraction of sp³-hybridized carbons (Fsp3) is 0.875. The zero-order valence-electron chi connectivity index (χ0n) is 13.1. The molecule has 2 fully saturated rings. The first kappa shape index (κ1) is 15.3. The third-order valence-corrected chi connectivity index (χ3v) is 4.78. The van der Waals surface area contributed by atoms with Gasteiger partial charge in [0.05, 0.1) is 0 Å². The summed E-state index contributed by atoms with van der Waals surface area (Å²) in [6.45, 7) is 7.04. The normalized spacial score (nSPS) is 28.6. The average Bonchev–Trinajstić information content (AvgIpc) is 2.48. The molecule has 114 valence electrons. The number of hydrogen-bond acceptors (Lipinski definition) is 2. The number of nitrogens with zero attached hydrogens (tertiary/aromatic N) is 2. The molecule has 0 aromatic heterocycles. The number of rotatable bonds is 5. The molecule has 4 nitrogen and oxygen atoms in total. The Balaban J connectivity index is 2.19. The van der Waals surface area contributed by atoms with Crippen molar-refractivity contribution < 1.29 is 9.59 Å². The third kappa shape index (κ3) is 2.70. The fourth-order valence-corrected chi connectivity index (χ4v) is 3.62. The van der Waals surface area contributed by atoms with Gasteiger partial charge in [0.15, 0.2) is 0 Å². The second-order valence-electron chi connectivity index (χ2n) is 6.20. The molecule has 0 bridgehead atoms. The average molecular weight is 280 g/mol. The molecule has 0 spiro atoms. The minimum Gasteiger partial charge on any atom is -0.329 e. The maximum absolute atomic E-state index is 12.8. The van der Waals surface area contributed by atoms with Gasteiger partial charge in [0.1, 0.15) is 12.1 Å². The second-order valence-corrected chi connectivity index (χ2v) is 6.20. The Morgan fingerprint density at radius 1 is 1.20 bits per heavy atom. The van der Waals surface area contributed by atoms with Gasteiger partial charge in [-0.05, 0) is 39.0 Å². The molecule has 20 heavy (non-hydrogen) atoms. The number of fused-ring (bicyclic) bond motifs is 1. The molecule has 0 aliphatic carbocycles. The van der Waals surface area contributed by atoms with Crippen molar-refractivity contribution >= 4 is 11.8 Å². The van der Waals surface area contributed by atoms with Crippen LogP contribution in [0.15, 0.2) is 0 Å². The molecular formula is C16H28N2O2. The first-order valence-electron chi connectivity index (χ1n) is 8.24. The summed E-state index contributed by atoms with van der Waals surface area (Å²) in [6.07, 6.45) is 6.92. The summed E-state index contributed by atoms with van der Waals surface area (Å²) in [4.78, 5) is 29.2. The van der Waals surface area contributed by atoms with E-state index in [1.165, 1.54) is 0 Å². The number of carbonyl (C=O) groups is 2. The van der Waals surface area contributed by atoms with E-state index < -0.39 is 0 Å². The van der Waals surface area contributed by atoms with Crippen LogP contribution in [0.3, 0.4) is 0 Å². The van der Waals surface area contributed by atoms with Gasteiger partial charge in [-0.25, -0.2) is 0 Å². The second kappa shape index (κ2) is 6.59. The molecule has 2 saturated heterocycles. The van der Waals surface area contributed by atoms with Crippen molar-refractivity contribution in [2.45, 2.75) is 83.8 Å². The lowest BCUT2D eigenvalue weighted by atomic mass is 9.92. The van der Waals surface area contributed by atoms with Gasteiger partial charge in [0, 0.05) is 12.6 Å². The summed E-state index contributed by atoms with van der Waals surface area (Å²) in [6, 6.07) is -0.229. The van der Waals surface area contributed by atoms with E-state index in [4.69, 9.17) is 0 Å². The Bertz CT molecular complexity index is 369. The maximum atomic E-state index is 12.8. The summed E-state index contributed by atoms with van der Waals surface area (Å²) >= 11 is 0. The van der Waals surface area contributed by atoms with Gasteiger partial charge in [-0.15, -0.1) is 0 Å². The van der Waals surface area contributed by atoms with Gasteiger partial charge < -0.3 is 9.80 Å². The predicted octanol–water partition coefficient (Wildman–Crippen LogP) is 2.57. The molecule has 0 radical (unpaired) electrons. The molecule has 0 aromatic rings. The Morgan fingerprint density at radius 2 is 1.95 bits per heavy atom. The quantitative estimate of drug-likeness (QED) is 0.776. The highest BCUT2D eigenvalue weighted by atomic mass is 16.2. The van der Waals surface area contributed by atoms with Crippen LogP contribution in [0.2, 0.25) is 0 Å². The van der Waals surface area contributed by atoms with Crippen molar-refractivity contribution in [2.24, 2.45) is 0 Å². The molecule has 0 saturated carbocycles. The minimum absolute atomic E-state index is 0.178. The lowest BCUT2D eigenvalue weighted by Gasteiger charge is -2.49. The molecular weight excluding hydrogens is 252 g/mol. The molecule has 2 heterocycles. The van der Waals surface area contributed by atoms with Crippen molar-refractivity contribution in [1.29, 1.82) is 0 Å². The molecule has 2 aliphatic heterocycles. The summed E-state index contributed by atoms with van der Waals surface area (Å²) in [7, 11) is 0. The van der Waals surface area contributed by atoms with Gasteiger partial charge in [-0.3, -0.25) is 9.59 Å². The van der Waals surface area contributed by atoms with E-state index in [-0.39, 0.29) is 29.9 Å². The van der Waals surface area contributed by atoms with Crippen LogP contribution in [-0.4, -0.2) is 46.3 Å². The van der Waals surface area contributed by atoms with Gasteiger partial charge in [0.2, 0.25) is 11.8 Å². The Hall–Kier alpha value is -1.06. The Kier molecular flexibility index (Phi) is 5.06. The number of amides is 2. The highest BCUT2D eigenvalue weighted by Crippen LogP contribution is 2.29. The van der Waals surface area contributed by atoms with E-state index in [1.54, 1.807) is 0 Å². The lowest BCUT2D eigenvalue weighted by Crippen LogP contribution is -2.67. The zero-order chi connectivity index (χ0) is 14.7. The van der Waals surface area contributed by atoms with Crippen LogP contribution in [-0.2, 0) is 9.59 Å². The van der Waals surface area contributed by atoms with Gasteiger partial charge in [-0.1, -0.05) is 26.7 Å². The third-order valence-electron chi connectivity index (χ3n) is 4.78. The van der Waals surface area contributed by atoms with Gasteiger partial charge >= 0.3 is 0 Å². The van der Waals surface area contributed by atoms with Crippen LogP contribution in [0.4, 0.5) is 0 Å². The molecule has 3 unspecified atom stereocenters. The first-order valence-corrected chi connectivity index (χ1v) is 8.24. The van der Waals surface area contributed by atoms with E-state index in [1.807, 2.05) is 16.7 Å². The molecule has 2 rings (SSSR count). The topological polar surface area (TPSA) is 40.6 Å². The number of hydrogen-bond donors (Lipinski definition) is 0.